The minimum absolute atomic E-state index is 0.0473. The van der Waals surface area contributed by atoms with Crippen molar-refractivity contribution in [2.75, 3.05) is 11.4 Å². The number of nitrogens with zero attached hydrogens (tertiary/aromatic N) is 4. The molecule has 2 unspecified atom stereocenters. The number of sulfonamides is 1. The van der Waals surface area contributed by atoms with E-state index in [1.54, 1.807) is 12.3 Å². The molecule has 32 heavy (non-hydrogen) atoms. The van der Waals surface area contributed by atoms with E-state index >= 15 is 4.39 Å². The highest BCUT2D eigenvalue weighted by Crippen LogP contribution is 2.38. The molecule has 2 aliphatic heterocycles. The summed E-state index contributed by atoms with van der Waals surface area (Å²) in [5, 5.41) is 3.70. The number of hydrogen-bond acceptors (Lipinski definition) is 4. The fraction of sp³-hybridized carbons (Fsp3) is 0.375. The molecule has 6 nitrogen and oxygen atoms in total. The molecule has 2 aromatic carbocycles. The van der Waals surface area contributed by atoms with E-state index in [1.807, 2.05) is 54.1 Å². The Morgan fingerprint density at radius 2 is 1.88 bits per heavy atom. The summed E-state index contributed by atoms with van der Waals surface area (Å²) >= 11 is 0. The second kappa shape index (κ2) is 8.33. The summed E-state index contributed by atoms with van der Waals surface area (Å²) in [4.78, 5) is 2.12. The number of rotatable bonds is 4. The first kappa shape index (κ1) is 21.2. The normalized spacial score (nSPS) is 23.1. The van der Waals surface area contributed by atoms with Crippen LogP contribution >= 0.6 is 0 Å². The maximum atomic E-state index is 15.1. The molecule has 0 spiro atoms. The molecule has 3 heterocycles. The van der Waals surface area contributed by atoms with Crippen LogP contribution in [0.3, 0.4) is 0 Å². The van der Waals surface area contributed by atoms with E-state index in [-0.39, 0.29) is 18.4 Å². The van der Waals surface area contributed by atoms with Gasteiger partial charge in [0.1, 0.15) is 11.1 Å². The third kappa shape index (κ3) is 3.82. The van der Waals surface area contributed by atoms with Crippen molar-refractivity contribution in [2.45, 2.75) is 50.7 Å². The summed E-state index contributed by atoms with van der Waals surface area (Å²) in [6.07, 6.45) is 3.11. The Hall–Kier alpha value is -2.71. The molecule has 2 aliphatic rings. The van der Waals surface area contributed by atoms with Gasteiger partial charge in [0.15, 0.2) is 0 Å². The Morgan fingerprint density at radius 3 is 2.66 bits per heavy atom. The number of anilines is 1. The molecule has 8 heteroatoms. The van der Waals surface area contributed by atoms with Gasteiger partial charge in [0, 0.05) is 36.6 Å². The molecule has 0 radical (unpaired) electrons. The fourth-order valence-electron chi connectivity index (χ4n) is 4.79. The minimum Gasteiger partial charge on any atom is -0.364 e. The molecule has 2 atom stereocenters. The second-order valence-electron chi connectivity index (χ2n) is 8.66. The number of halogens is 1. The van der Waals surface area contributed by atoms with Crippen molar-refractivity contribution in [3.8, 4) is 0 Å². The van der Waals surface area contributed by atoms with Crippen LogP contribution in [0.5, 0.6) is 0 Å². The smallest absolute Gasteiger partial charge is 0.221 e. The monoisotopic (exact) mass is 454 g/mol. The molecule has 168 valence electrons. The van der Waals surface area contributed by atoms with Crippen molar-refractivity contribution in [3.05, 3.63) is 83.4 Å². The largest absolute Gasteiger partial charge is 0.364 e. The van der Waals surface area contributed by atoms with Crippen LogP contribution in [0, 0.1) is 5.82 Å². The van der Waals surface area contributed by atoms with Gasteiger partial charge in [-0.15, -0.1) is 0 Å². The summed E-state index contributed by atoms with van der Waals surface area (Å²) in [5.41, 5.74) is 3.10. The predicted octanol–water partition coefficient (Wildman–Crippen LogP) is 4.10. The first-order valence-electron chi connectivity index (χ1n) is 11.0. The summed E-state index contributed by atoms with van der Waals surface area (Å²) in [6, 6.07) is 16.3. The Labute approximate surface area is 188 Å². The van der Waals surface area contributed by atoms with E-state index in [2.05, 4.69) is 10.00 Å². The summed E-state index contributed by atoms with van der Waals surface area (Å²) < 4.78 is 45.4. The number of aromatic nitrogens is 2. The topological polar surface area (TPSA) is 58.4 Å². The van der Waals surface area contributed by atoms with Crippen LogP contribution in [0.1, 0.15) is 41.8 Å². The van der Waals surface area contributed by atoms with Crippen LogP contribution in [0.25, 0.3) is 0 Å². The molecule has 0 bridgehead atoms. The first-order valence-corrected chi connectivity index (χ1v) is 12.5. The fourth-order valence-corrected chi connectivity index (χ4v) is 6.98. The van der Waals surface area contributed by atoms with Gasteiger partial charge >= 0.3 is 0 Å². The van der Waals surface area contributed by atoms with E-state index in [1.165, 1.54) is 10.4 Å². The average Bonchev–Trinajstić information content (AvgIpc) is 3.26. The van der Waals surface area contributed by atoms with Gasteiger partial charge in [-0.2, -0.15) is 9.40 Å². The Balaban J connectivity index is 1.37. The third-order valence-corrected chi connectivity index (χ3v) is 9.03. The number of benzene rings is 2. The van der Waals surface area contributed by atoms with E-state index in [0.717, 1.165) is 36.5 Å². The summed E-state index contributed by atoms with van der Waals surface area (Å²) in [5.74, 6) is -0.370. The van der Waals surface area contributed by atoms with Crippen molar-refractivity contribution in [2.24, 2.45) is 0 Å². The molecule has 0 saturated carbocycles. The maximum Gasteiger partial charge on any atom is 0.221 e. The highest BCUT2D eigenvalue weighted by molar-refractivity contribution is 7.89. The van der Waals surface area contributed by atoms with Crippen LogP contribution in [0.4, 0.5) is 10.1 Å². The van der Waals surface area contributed by atoms with Crippen molar-refractivity contribution < 1.29 is 12.8 Å². The van der Waals surface area contributed by atoms with Gasteiger partial charge in [0.05, 0.1) is 18.8 Å². The summed E-state index contributed by atoms with van der Waals surface area (Å²) in [7, 11) is -3.59. The third-order valence-electron chi connectivity index (χ3n) is 6.66. The molecule has 0 N–H and O–H groups in total. The van der Waals surface area contributed by atoms with Gasteiger partial charge in [0.2, 0.25) is 10.0 Å². The maximum absolute atomic E-state index is 15.1. The Kier molecular flexibility index (Phi) is 5.51. The van der Waals surface area contributed by atoms with Crippen LogP contribution in [0.15, 0.2) is 60.8 Å². The zero-order valence-corrected chi connectivity index (χ0v) is 18.9. The van der Waals surface area contributed by atoms with Gasteiger partial charge in [0.25, 0.3) is 0 Å². The van der Waals surface area contributed by atoms with Crippen molar-refractivity contribution in [1.82, 2.24) is 14.1 Å². The zero-order valence-electron chi connectivity index (χ0n) is 18.1. The molecule has 1 saturated heterocycles. The van der Waals surface area contributed by atoms with Gasteiger partial charge in [-0.25, -0.2) is 12.8 Å². The predicted molar refractivity (Wildman–Crippen MR) is 122 cm³/mol. The van der Waals surface area contributed by atoms with E-state index in [4.69, 9.17) is 0 Å². The lowest BCUT2D eigenvalue weighted by Crippen LogP contribution is -2.44. The van der Waals surface area contributed by atoms with Crippen LogP contribution in [-0.2, 0) is 29.7 Å². The molecule has 1 fully saturated rings. The zero-order chi connectivity index (χ0) is 22.3. The average molecular weight is 455 g/mol. The molecule has 5 rings (SSSR count). The van der Waals surface area contributed by atoms with Crippen LogP contribution < -0.4 is 4.90 Å². The van der Waals surface area contributed by atoms with E-state index in [9.17, 15) is 8.42 Å². The van der Waals surface area contributed by atoms with Gasteiger partial charge in [-0.05, 0) is 43.5 Å². The van der Waals surface area contributed by atoms with Gasteiger partial charge < -0.3 is 4.90 Å². The molecule has 3 aromatic rings. The SMILES string of the molecule is CC1CCC(c2ccccc2)S(=O)(=O)N1Cc1ccc(N2CCn3nccc3C2)cc1F. The minimum atomic E-state index is -3.59. The number of hydrogen-bond donors (Lipinski definition) is 0. The van der Waals surface area contributed by atoms with Gasteiger partial charge in [-0.1, -0.05) is 36.4 Å². The van der Waals surface area contributed by atoms with E-state index in [0.29, 0.717) is 18.5 Å². The molecule has 1 aromatic heterocycles. The van der Waals surface area contributed by atoms with Crippen LogP contribution in [0.2, 0.25) is 0 Å². The molecular formula is C24H27FN4O2S. The number of fused-ring (bicyclic) bond motifs is 1. The molecule has 0 aliphatic carbocycles. The Bertz CT molecular complexity index is 1210. The second-order valence-corrected chi connectivity index (χ2v) is 10.7. The highest BCUT2D eigenvalue weighted by Gasteiger charge is 2.40. The van der Waals surface area contributed by atoms with E-state index < -0.39 is 15.3 Å². The van der Waals surface area contributed by atoms with Crippen LogP contribution in [-0.4, -0.2) is 35.1 Å². The van der Waals surface area contributed by atoms with Crippen molar-refractivity contribution in [1.29, 1.82) is 0 Å². The lowest BCUT2D eigenvalue weighted by atomic mass is 10.0. The molecule has 0 amide bonds. The van der Waals surface area contributed by atoms with Crippen molar-refractivity contribution in [3.63, 3.8) is 0 Å². The summed E-state index contributed by atoms with van der Waals surface area (Å²) in [6.45, 7) is 4.14. The Morgan fingerprint density at radius 1 is 1.06 bits per heavy atom. The highest BCUT2D eigenvalue weighted by atomic mass is 32.2. The molecular weight excluding hydrogens is 427 g/mol. The quantitative estimate of drug-likeness (QED) is 0.596. The van der Waals surface area contributed by atoms with Gasteiger partial charge in [-0.3, -0.25) is 4.68 Å². The lowest BCUT2D eigenvalue weighted by Gasteiger charge is -2.37. The lowest BCUT2D eigenvalue weighted by molar-refractivity contribution is 0.279. The van der Waals surface area contributed by atoms with Crippen molar-refractivity contribution >= 4 is 15.7 Å². The standard InChI is InChI=1S/C24H27FN4O2S/c1-18-7-10-24(19-5-3-2-4-6-19)32(30,31)29(18)16-20-8-9-21(15-23(20)25)27-13-14-28-22(17-27)11-12-26-28/h2-6,8-9,11-12,15,18,24H,7,10,13-14,16-17H2,1H3. The first-order chi connectivity index (χ1) is 15.4.